The first kappa shape index (κ1) is 18.5. The average Bonchev–Trinajstić information content (AvgIpc) is 3.25. The number of hydrogen-bond acceptors (Lipinski definition) is 1. The molecule has 1 saturated carbocycles. The van der Waals surface area contributed by atoms with Gasteiger partial charge in [-0.2, -0.15) is 0 Å². The molecule has 1 N–H and O–H groups in total. The van der Waals surface area contributed by atoms with E-state index in [9.17, 15) is 4.79 Å². The molecule has 142 valence electrons. The Morgan fingerprint density at radius 2 is 1.39 bits per heavy atom. The summed E-state index contributed by atoms with van der Waals surface area (Å²) < 4.78 is 0. The van der Waals surface area contributed by atoms with Gasteiger partial charge in [-0.25, -0.2) is 0 Å². The second-order valence-corrected chi connectivity index (χ2v) is 7.83. The van der Waals surface area contributed by atoms with Gasteiger partial charge in [0.1, 0.15) is 0 Å². The van der Waals surface area contributed by atoms with Crippen molar-refractivity contribution >= 4 is 5.91 Å². The van der Waals surface area contributed by atoms with E-state index < -0.39 is 5.41 Å². The van der Waals surface area contributed by atoms with Gasteiger partial charge in [0.2, 0.25) is 5.91 Å². The van der Waals surface area contributed by atoms with Crippen LogP contribution in [0.3, 0.4) is 0 Å². The molecule has 1 amide bonds. The van der Waals surface area contributed by atoms with Crippen molar-refractivity contribution in [1.29, 1.82) is 0 Å². The van der Waals surface area contributed by atoms with Crippen molar-refractivity contribution in [3.8, 4) is 0 Å². The lowest BCUT2D eigenvalue weighted by atomic mass is 9.77. The molecule has 4 rings (SSSR count). The third-order valence-corrected chi connectivity index (χ3v) is 6.13. The molecule has 1 atom stereocenters. The minimum Gasteiger partial charge on any atom is -0.344 e. The highest BCUT2D eigenvalue weighted by atomic mass is 16.2. The number of nitrogens with one attached hydrogen (secondary N) is 1. The van der Waals surface area contributed by atoms with Crippen molar-refractivity contribution in [2.45, 2.75) is 44.1 Å². The molecule has 0 bridgehead atoms. The molecular formula is C26H27NO. The van der Waals surface area contributed by atoms with Gasteiger partial charge in [0.25, 0.3) is 0 Å². The molecule has 1 aliphatic carbocycles. The van der Waals surface area contributed by atoms with Crippen LogP contribution in [0, 0.1) is 6.92 Å². The van der Waals surface area contributed by atoms with Gasteiger partial charge >= 0.3 is 0 Å². The Kier molecular flexibility index (Phi) is 5.29. The summed E-state index contributed by atoms with van der Waals surface area (Å²) in [5, 5.41) is 3.43. The van der Waals surface area contributed by atoms with E-state index in [-0.39, 0.29) is 11.9 Å². The van der Waals surface area contributed by atoms with E-state index in [0.29, 0.717) is 0 Å². The summed E-state index contributed by atoms with van der Waals surface area (Å²) in [5.74, 6) is 0.147. The zero-order chi connectivity index (χ0) is 19.4. The zero-order valence-electron chi connectivity index (χ0n) is 16.4. The van der Waals surface area contributed by atoms with Crippen LogP contribution in [0.5, 0.6) is 0 Å². The van der Waals surface area contributed by atoms with Crippen LogP contribution in [0.25, 0.3) is 0 Å². The van der Waals surface area contributed by atoms with Crippen LogP contribution in [0.2, 0.25) is 0 Å². The molecule has 0 spiro atoms. The Labute approximate surface area is 167 Å². The quantitative estimate of drug-likeness (QED) is 0.613. The smallest absolute Gasteiger partial charge is 0.231 e. The zero-order valence-corrected chi connectivity index (χ0v) is 16.4. The lowest BCUT2D eigenvalue weighted by Crippen LogP contribution is -2.44. The molecule has 2 heteroatoms. The largest absolute Gasteiger partial charge is 0.344 e. The summed E-state index contributed by atoms with van der Waals surface area (Å²) in [5.41, 5.74) is 4.19. The molecule has 3 aromatic rings. The van der Waals surface area contributed by atoms with Gasteiger partial charge in [-0.3, -0.25) is 4.79 Å². The molecule has 3 aromatic carbocycles. The molecule has 2 nitrogen and oxygen atoms in total. The Bertz CT molecular complexity index is 927. The summed E-state index contributed by atoms with van der Waals surface area (Å²) in [4.78, 5) is 13.7. The first-order valence-corrected chi connectivity index (χ1v) is 10.2. The van der Waals surface area contributed by atoms with Crippen molar-refractivity contribution in [2.75, 3.05) is 0 Å². The average molecular weight is 370 g/mol. The summed E-state index contributed by atoms with van der Waals surface area (Å²) in [6.07, 6.45) is 4.03. The Morgan fingerprint density at radius 1 is 0.821 bits per heavy atom. The SMILES string of the molecule is Cc1ccccc1[C@@H](NC(=O)C1(c2ccccc2)CCCC1)c1ccccc1. The van der Waals surface area contributed by atoms with E-state index in [1.807, 2.05) is 48.5 Å². The molecular weight excluding hydrogens is 342 g/mol. The summed E-state index contributed by atoms with van der Waals surface area (Å²) in [7, 11) is 0. The maximum Gasteiger partial charge on any atom is 0.231 e. The molecule has 0 radical (unpaired) electrons. The third-order valence-electron chi connectivity index (χ3n) is 6.13. The first-order chi connectivity index (χ1) is 13.7. The second-order valence-electron chi connectivity index (χ2n) is 7.83. The summed E-state index contributed by atoms with van der Waals surface area (Å²) in [6, 6.07) is 28.8. The Hall–Kier alpha value is -2.87. The number of amides is 1. The van der Waals surface area contributed by atoms with Crippen LogP contribution >= 0.6 is 0 Å². The van der Waals surface area contributed by atoms with Crippen molar-refractivity contribution in [2.24, 2.45) is 0 Å². The molecule has 1 aliphatic rings. The van der Waals surface area contributed by atoms with Crippen molar-refractivity contribution in [1.82, 2.24) is 5.32 Å². The Balaban J connectivity index is 1.72. The molecule has 0 aliphatic heterocycles. The van der Waals surface area contributed by atoms with E-state index in [2.05, 4.69) is 48.6 Å². The van der Waals surface area contributed by atoms with Crippen molar-refractivity contribution in [3.05, 3.63) is 107 Å². The van der Waals surface area contributed by atoms with Crippen LogP contribution in [0.4, 0.5) is 0 Å². The molecule has 0 saturated heterocycles. The third kappa shape index (κ3) is 3.47. The molecule has 0 aromatic heterocycles. The minimum absolute atomic E-state index is 0.143. The predicted octanol–water partition coefficient (Wildman–Crippen LogP) is 5.71. The van der Waals surface area contributed by atoms with Gasteiger partial charge in [0, 0.05) is 0 Å². The standard InChI is InChI=1S/C26H27NO/c1-20-12-8-9-17-23(20)24(21-13-4-2-5-14-21)27-25(28)26(18-10-11-19-26)22-15-6-3-7-16-22/h2-9,12-17,24H,10-11,18-19H2,1H3,(H,27,28)/t24-/m0/s1. The minimum atomic E-state index is -0.420. The van der Waals surface area contributed by atoms with Gasteiger partial charge in [-0.05, 0) is 42.0 Å². The Morgan fingerprint density at radius 3 is 2.04 bits per heavy atom. The van der Waals surface area contributed by atoms with Gasteiger partial charge in [-0.1, -0.05) is 97.8 Å². The van der Waals surface area contributed by atoms with Gasteiger partial charge in [-0.15, -0.1) is 0 Å². The fourth-order valence-corrected chi connectivity index (χ4v) is 4.55. The van der Waals surface area contributed by atoms with Crippen LogP contribution < -0.4 is 5.32 Å². The van der Waals surface area contributed by atoms with Crippen LogP contribution in [0.15, 0.2) is 84.9 Å². The highest BCUT2D eigenvalue weighted by Gasteiger charge is 2.43. The van der Waals surface area contributed by atoms with E-state index in [0.717, 1.165) is 42.4 Å². The highest BCUT2D eigenvalue weighted by molar-refractivity contribution is 5.89. The van der Waals surface area contributed by atoms with E-state index in [1.165, 1.54) is 5.56 Å². The predicted molar refractivity (Wildman–Crippen MR) is 114 cm³/mol. The lowest BCUT2D eigenvalue weighted by molar-refractivity contribution is -0.127. The maximum atomic E-state index is 13.7. The molecule has 1 fully saturated rings. The van der Waals surface area contributed by atoms with Crippen molar-refractivity contribution < 1.29 is 4.79 Å². The van der Waals surface area contributed by atoms with Gasteiger partial charge in [0.15, 0.2) is 0 Å². The van der Waals surface area contributed by atoms with Gasteiger partial charge < -0.3 is 5.32 Å². The van der Waals surface area contributed by atoms with E-state index >= 15 is 0 Å². The van der Waals surface area contributed by atoms with E-state index in [4.69, 9.17) is 0 Å². The fraction of sp³-hybridized carbons (Fsp3) is 0.269. The number of carbonyl (C=O) groups is 1. The van der Waals surface area contributed by atoms with E-state index in [1.54, 1.807) is 0 Å². The number of hydrogen-bond donors (Lipinski definition) is 1. The molecule has 0 heterocycles. The number of aryl methyl sites for hydroxylation is 1. The van der Waals surface area contributed by atoms with Gasteiger partial charge in [0.05, 0.1) is 11.5 Å². The van der Waals surface area contributed by atoms with Crippen LogP contribution in [0.1, 0.15) is 54.0 Å². The first-order valence-electron chi connectivity index (χ1n) is 10.2. The summed E-state index contributed by atoms with van der Waals surface area (Å²) in [6.45, 7) is 2.11. The number of benzene rings is 3. The fourth-order valence-electron chi connectivity index (χ4n) is 4.55. The summed E-state index contributed by atoms with van der Waals surface area (Å²) >= 11 is 0. The molecule has 28 heavy (non-hydrogen) atoms. The number of rotatable bonds is 5. The van der Waals surface area contributed by atoms with Crippen LogP contribution in [-0.2, 0) is 10.2 Å². The highest BCUT2D eigenvalue weighted by Crippen LogP contribution is 2.42. The van der Waals surface area contributed by atoms with Crippen LogP contribution in [-0.4, -0.2) is 5.91 Å². The normalized spacial score (nSPS) is 16.5. The monoisotopic (exact) mass is 369 g/mol. The second kappa shape index (κ2) is 8.02. The number of carbonyl (C=O) groups excluding carboxylic acids is 1. The molecule has 0 unspecified atom stereocenters. The lowest BCUT2D eigenvalue weighted by Gasteiger charge is -2.32. The van der Waals surface area contributed by atoms with Crippen molar-refractivity contribution in [3.63, 3.8) is 0 Å². The maximum absolute atomic E-state index is 13.7. The topological polar surface area (TPSA) is 29.1 Å².